The summed E-state index contributed by atoms with van der Waals surface area (Å²) in [5.74, 6) is 2.71. The molecular formula is C19H24ClNO3. The van der Waals surface area contributed by atoms with Crippen LogP contribution in [0.4, 0.5) is 0 Å². The zero-order valence-electron chi connectivity index (χ0n) is 13.9. The SMILES string of the molecule is O=C(c1cc(Cl)c2c(c1)OCCCO2)N1CC[C@@H]2CCCC[C@@H]2C1. The number of piperidine rings is 1. The topological polar surface area (TPSA) is 38.8 Å². The molecule has 4 nitrogen and oxygen atoms in total. The fraction of sp³-hybridized carbons (Fsp3) is 0.632. The number of benzene rings is 1. The third-order valence-corrected chi connectivity index (χ3v) is 5.91. The zero-order valence-corrected chi connectivity index (χ0v) is 14.7. The molecule has 1 aromatic carbocycles. The molecule has 24 heavy (non-hydrogen) atoms. The number of hydrogen-bond acceptors (Lipinski definition) is 3. The van der Waals surface area contributed by atoms with E-state index in [0.29, 0.717) is 41.2 Å². The van der Waals surface area contributed by atoms with E-state index in [-0.39, 0.29) is 5.91 Å². The quantitative estimate of drug-likeness (QED) is 0.764. The van der Waals surface area contributed by atoms with Gasteiger partial charge in [0.05, 0.1) is 18.2 Å². The number of ether oxygens (including phenoxy) is 2. The van der Waals surface area contributed by atoms with Gasteiger partial charge in [-0.2, -0.15) is 0 Å². The Kier molecular flexibility index (Phi) is 4.57. The minimum absolute atomic E-state index is 0.0663. The molecule has 0 unspecified atom stereocenters. The van der Waals surface area contributed by atoms with E-state index < -0.39 is 0 Å². The lowest BCUT2D eigenvalue weighted by Crippen LogP contribution is -2.44. The van der Waals surface area contributed by atoms with Crippen LogP contribution < -0.4 is 9.47 Å². The number of hydrogen-bond donors (Lipinski definition) is 0. The van der Waals surface area contributed by atoms with E-state index in [1.165, 1.54) is 25.7 Å². The summed E-state index contributed by atoms with van der Waals surface area (Å²) in [6, 6.07) is 3.52. The lowest BCUT2D eigenvalue weighted by Gasteiger charge is -2.41. The first-order valence-electron chi connectivity index (χ1n) is 9.11. The van der Waals surface area contributed by atoms with Crippen molar-refractivity contribution in [3.05, 3.63) is 22.7 Å². The van der Waals surface area contributed by atoms with Gasteiger partial charge in [0.1, 0.15) is 0 Å². The second kappa shape index (κ2) is 6.83. The molecular weight excluding hydrogens is 326 g/mol. The minimum Gasteiger partial charge on any atom is -0.489 e. The summed E-state index contributed by atoms with van der Waals surface area (Å²) in [4.78, 5) is 15.0. The smallest absolute Gasteiger partial charge is 0.254 e. The van der Waals surface area contributed by atoms with Gasteiger partial charge >= 0.3 is 0 Å². The summed E-state index contributed by atoms with van der Waals surface area (Å²) >= 11 is 6.34. The van der Waals surface area contributed by atoms with Gasteiger partial charge in [-0.15, -0.1) is 0 Å². The van der Waals surface area contributed by atoms with Crippen LogP contribution in [0.5, 0.6) is 11.5 Å². The maximum atomic E-state index is 13.0. The first-order chi connectivity index (χ1) is 11.7. The van der Waals surface area contributed by atoms with Gasteiger partial charge in [0.2, 0.25) is 0 Å². The van der Waals surface area contributed by atoms with Crippen LogP contribution in [0, 0.1) is 11.8 Å². The van der Waals surface area contributed by atoms with Gasteiger partial charge in [0.25, 0.3) is 5.91 Å². The Morgan fingerprint density at radius 1 is 1.04 bits per heavy atom. The molecule has 1 amide bonds. The number of carbonyl (C=O) groups excluding carboxylic acids is 1. The molecule has 0 radical (unpaired) electrons. The van der Waals surface area contributed by atoms with E-state index >= 15 is 0 Å². The number of halogens is 1. The van der Waals surface area contributed by atoms with Crippen molar-refractivity contribution in [1.29, 1.82) is 0 Å². The van der Waals surface area contributed by atoms with Crippen LogP contribution >= 0.6 is 11.6 Å². The summed E-state index contributed by atoms with van der Waals surface area (Å²) in [6.45, 7) is 2.92. The van der Waals surface area contributed by atoms with Gasteiger partial charge in [-0.3, -0.25) is 4.79 Å². The Bertz CT molecular complexity index is 633. The van der Waals surface area contributed by atoms with Crippen LogP contribution in [0.2, 0.25) is 5.02 Å². The average Bonchev–Trinajstić information content (AvgIpc) is 2.86. The standard InChI is InChI=1S/C19H24ClNO3/c20-16-10-15(11-17-18(16)24-9-3-8-23-17)19(22)21-7-6-13-4-1-2-5-14(13)12-21/h10-11,13-14H,1-9,12H2/t13-,14+/m0/s1. The van der Waals surface area contributed by atoms with E-state index in [0.717, 1.165) is 31.8 Å². The zero-order chi connectivity index (χ0) is 16.5. The molecule has 1 saturated carbocycles. The maximum absolute atomic E-state index is 13.0. The van der Waals surface area contributed by atoms with Crippen molar-refractivity contribution in [2.45, 2.75) is 38.5 Å². The largest absolute Gasteiger partial charge is 0.489 e. The van der Waals surface area contributed by atoms with E-state index in [4.69, 9.17) is 21.1 Å². The van der Waals surface area contributed by atoms with Crippen molar-refractivity contribution in [1.82, 2.24) is 4.90 Å². The minimum atomic E-state index is 0.0663. The van der Waals surface area contributed by atoms with Crippen molar-refractivity contribution in [2.75, 3.05) is 26.3 Å². The monoisotopic (exact) mass is 349 g/mol. The first kappa shape index (κ1) is 16.1. The molecule has 0 bridgehead atoms. The van der Waals surface area contributed by atoms with Gasteiger partial charge in [0.15, 0.2) is 11.5 Å². The van der Waals surface area contributed by atoms with Gasteiger partial charge in [-0.25, -0.2) is 0 Å². The normalized spacial score (nSPS) is 26.5. The first-order valence-corrected chi connectivity index (χ1v) is 9.48. The lowest BCUT2D eigenvalue weighted by atomic mass is 9.75. The molecule has 2 heterocycles. The molecule has 0 N–H and O–H groups in total. The maximum Gasteiger partial charge on any atom is 0.254 e. The molecule has 1 saturated heterocycles. The Hall–Kier alpha value is -1.42. The molecule has 5 heteroatoms. The van der Waals surface area contributed by atoms with Crippen molar-refractivity contribution in [3.63, 3.8) is 0 Å². The van der Waals surface area contributed by atoms with Crippen molar-refractivity contribution < 1.29 is 14.3 Å². The second-order valence-corrected chi connectivity index (χ2v) is 7.59. The molecule has 1 aromatic rings. The average molecular weight is 350 g/mol. The number of nitrogens with zero attached hydrogens (tertiary/aromatic N) is 1. The van der Waals surface area contributed by atoms with E-state index in [2.05, 4.69) is 0 Å². The highest BCUT2D eigenvalue weighted by Crippen LogP contribution is 2.40. The third-order valence-electron chi connectivity index (χ3n) is 5.63. The number of carbonyl (C=O) groups is 1. The van der Waals surface area contributed by atoms with Gasteiger partial charge in [0, 0.05) is 25.1 Å². The van der Waals surface area contributed by atoms with Crippen LogP contribution in [-0.2, 0) is 0 Å². The highest BCUT2D eigenvalue weighted by atomic mass is 35.5. The molecule has 1 aliphatic carbocycles. The van der Waals surface area contributed by atoms with Crippen molar-refractivity contribution >= 4 is 17.5 Å². The lowest BCUT2D eigenvalue weighted by molar-refractivity contribution is 0.0520. The Morgan fingerprint density at radius 3 is 2.71 bits per heavy atom. The molecule has 4 rings (SSSR count). The molecule has 2 aliphatic heterocycles. The summed E-state index contributed by atoms with van der Waals surface area (Å²) in [5, 5.41) is 0.463. The van der Waals surface area contributed by atoms with Crippen LogP contribution in [0.3, 0.4) is 0 Å². The van der Waals surface area contributed by atoms with Crippen LogP contribution in [0.1, 0.15) is 48.9 Å². The fourth-order valence-corrected chi connectivity index (χ4v) is 4.59. The number of rotatable bonds is 1. The third kappa shape index (κ3) is 3.08. The van der Waals surface area contributed by atoms with E-state index in [1.54, 1.807) is 12.1 Å². The fourth-order valence-electron chi connectivity index (χ4n) is 4.32. The van der Waals surface area contributed by atoms with E-state index in [1.807, 2.05) is 4.90 Å². The summed E-state index contributed by atoms with van der Waals surface area (Å²) < 4.78 is 11.4. The van der Waals surface area contributed by atoms with Crippen LogP contribution in [0.25, 0.3) is 0 Å². The van der Waals surface area contributed by atoms with Crippen molar-refractivity contribution in [3.8, 4) is 11.5 Å². The predicted octanol–water partition coefficient (Wildman–Crippen LogP) is 4.15. The molecule has 130 valence electrons. The summed E-state index contributed by atoms with van der Waals surface area (Å²) in [6.07, 6.45) is 7.21. The van der Waals surface area contributed by atoms with Crippen LogP contribution in [-0.4, -0.2) is 37.1 Å². The molecule has 0 spiro atoms. The number of likely N-dealkylation sites (tertiary alicyclic amines) is 1. The summed E-state index contributed by atoms with van der Waals surface area (Å²) in [5.41, 5.74) is 0.610. The molecule has 0 aromatic heterocycles. The van der Waals surface area contributed by atoms with E-state index in [9.17, 15) is 4.79 Å². The molecule has 2 fully saturated rings. The van der Waals surface area contributed by atoms with Crippen molar-refractivity contribution in [2.24, 2.45) is 11.8 Å². The highest BCUT2D eigenvalue weighted by molar-refractivity contribution is 6.32. The van der Waals surface area contributed by atoms with Crippen LogP contribution in [0.15, 0.2) is 12.1 Å². The summed E-state index contributed by atoms with van der Waals surface area (Å²) in [7, 11) is 0. The Balaban J connectivity index is 1.54. The highest BCUT2D eigenvalue weighted by Gasteiger charge is 2.33. The van der Waals surface area contributed by atoms with Gasteiger partial charge < -0.3 is 14.4 Å². The molecule has 2 atom stereocenters. The number of amides is 1. The van der Waals surface area contributed by atoms with Gasteiger partial charge in [-0.05, 0) is 36.8 Å². The Labute approximate surface area is 148 Å². The Morgan fingerprint density at radius 2 is 1.83 bits per heavy atom. The predicted molar refractivity (Wildman–Crippen MR) is 93.0 cm³/mol. The second-order valence-electron chi connectivity index (χ2n) is 7.18. The number of fused-ring (bicyclic) bond motifs is 2. The molecule has 3 aliphatic rings. The van der Waals surface area contributed by atoms with Gasteiger partial charge in [-0.1, -0.05) is 30.9 Å².